The number of fused-ring (bicyclic) bond motifs is 14. The molecule has 11 aromatic carbocycles. The molecule has 0 aliphatic heterocycles. The molecule has 0 saturated heterocycles. The van der Waals surface area contributed by atoms with Crippen LogP contribution in [0.1, 0.15) is 5.56 Å². The van der Waals surface area contributed by atoms with Gasteiger partial charge in [0.1, 0.15) is 0 Å². The zero-order valence-corrected chi connectivity index (χ0v) is 42.7. The Bertz CT molecular complexity index is 5320. The molecule has 0 amide bonds. The molecule has 9 heteroatoms. The molecule has 0 N–H and O–H groups in total. The monoisotopic (exact) mass is 1020 g/mol. The number of nitrogens with zero attached hydrogens (tertiary/aromatic N) is 9. The van der Waals surface area contributed by atoms with Crippen LogP contribution in [0.3, 0.4) is 0 Å². The first-order valence-electron chi connectivity index (χ1n) is 26.5. The number of rotatable bonds is 7. The van der Waals surface area contributed by atoms with Crippen molar-refractivity contribution in [3.05, 3.63) is 266 Å². The van der Waals surface area contributed by atoms with Crippen molar-refractivity contribution in [2.75, 3.05) is 0 Å². The summed E-state index contributed by atoms with van der Waals surface area (Å²) in [6.07, 6.45) is 0. The van der Waals surface area contributed by atoms with Crippen molar-refractivity contribution in [2.24, 2.45) is 0 Å². The first-order chi connectivity index (χ1) is 39.6. The van der Waals surface area contributed by atoms with E-state index in [4.69, 9.17) is 21.5 Å². The van der Waals surface area contributed by atoms with Gasteiger partial charge in [0.05, 0.1) is 68.0 Å². The normalized spacial score (nSPS) is 11.7. The van der Waals surface area contributed by atoms with Gasteiger partial charge in [-0.25, -0.2) is 19.8 Å². The highest BCUT2D eigenvalue weighted by Gasteiger charge is 2.27. The van der Waals surface area contributed by atoms with Crippen LogP contribution < -0.4 is 0 Å². The van der Waals surface area contributed by atoms with E-state index in [1.54, 1.807) is 0 Å². The highest BCUT2D eigenvalue weighted by Crippen LogP contribution is 2.46. The van der Waals surface area contributed by atoms with Crippen LogP contribution >= 0.6 is 0 Å². The van der Waals surface area contributed by atoms with Crippen molar-refractivity contribution >= 4 is 92.9 Å². The smallest absolute Gasteiger partial charge is 0.189 e. The molecule has 0 aliphatic rings. The summed E-state index contributed by atoms with van der Waals surface area (Å²) < 4.78 is 9.32. The Morgan fingerprint density at radius 1 is 0.350 bits per heavy atom. The van der Waals surface area contributed by atoms with E-state index in [0.29, 0.717) is 39.9 Å². The maximum absolute atomic E-state index is 10.7. The number of benzene rings is 11. The third-order valence-corrected chi connectivity index (χ3v) is 15.8. The first kappa shape index (κ1) is 44.9. The van der Waals surface area contributed by atoms with Crippen LogP contribution in [-0.2, 0) is 0 Å². The van der Waals surface area contributed by atoms with Gasteiger partial charge in [-0.05, 0) is 84.9 Å². The maximum Gasteiger partial charge on any atom is 0.189 e. The van der Waals surface area contributed by atoms with Gasteiger partial charge in [-0.1, -0.05) is 164 Å². The highest BCUT2D eigenvalue weighted by molar-refractivity contribution is 6.28. The van der Waals surface area contributed by atoms with Crippen molar-refractivity contribution in [3.8, 4) is 63.0 Å². The van der Waals surface area contributed by atoms with Crippen molar-refractivity contribution < 1.29 is 0 Å². The molecular formula is C71H41N9. The third kappa shape index (κ3) is 6.59. The zero-order chi connectivity index (χ0) is 53.0. The van der Waals surface area contributed by atoms with Crippen LogP contribution in [0.15, 0.2) is 249 Å². The predicted octanol–water partition coefficient (Wildman–Crippen LogP) is 17.7. The third-order valence-electron chi connectivity index (χ3n) is 15.8. The Labute approximate surface area is 457 Å². The summed E-state index contributed by atoms with van der Waals surface area (Å²) in [5.74, 6) is 1.26. The average molecular weight is 1020 g/mol. The second kappa shape index (κ2) is 17.6. The van der Waals surface area contributed by atoms with Gasteiger partial charge < -0.3 is 18.3 Å². The summed E-state index contributed by atoms with van der Waals surface area (Å²) in [5.41, 5.74) is 15.1. The number of aromatic nitrogens is 7. The van der Waals surface area contributed by atoms with Gasteiger partial charge in [0, 0.05) is 76.8 Å². The lowest BCUT2D eigenvalue weighted by atomic mass is 10.1. The number of para-hydroxylation sites is 6. The fourth-order valence-electron chi connectivity index (χ4n) is 12.5. The Hall–Kier alpha value is -11.4. The van der Waals surface area contributed by atoms with Crippen molar-refractivity contribution in [1.29, 1.82) is 5.26 Å². The summed E-state index contributed by atoms with van der Waals surface area (Å²) in [6, 6.07) is 88.2. The van der Waals surface area contributed by atoms with Crippen LogP contribution in [0.4, 0.5) is 5.69 Å². The molecule has 5 heterocycles. The lowest BCUT2D eigenvalue weighted by molar-refractivity contribution is 1.06. The van der Waals surface area contributed by atoms with Crippen LogP contribution in [0.2, 0.25) is 0 Å². The van der Waals surface area contributed by atoms with Gasteiger partial charge in [0.2, 0.25) is 0 Å². The molecule has 0 spiro atoms. The topological polar surface area (TPSA) is 86.5 Å². The van der Waals surface area contributed by atoms with E-state index in [0.717, 1.165) is 116 Å². The first-order valence-corrected chi connectivity index (χ1v) is 26.5. The Balaban J connectivity index is 1.00. The Morgan fingerprint density at radius 3 is 1.32 bits per heavy atom. The molecule has 0 atom stereocenters. The fourth-order valence-corrected chi connectivity index (χ4v) is 12.5. The SMILES string of the molecule is [C-]#[N+]c1ccc(-c2nc(-c3ccccc3)nc(-c3cc(C#N)ccc3-n3c4ccccc4c4ccc5c(c6ccccc6n5-c5ccccc5)c43)n2)c(-n2c3ccccc3c3ccc4c(c5ccccc5n4-c4ccccc4)c32)c1. The van der Waals surface area contributed by atoms with Crippen molar-refractivity contribution in [1.82, 2.24) is 33.2 Å². The molecule has 0 fully saturated rings. The second-order valence-electron chi connectivity index (χ2n) is 20.1. The van der Waals surface area contributed by atoms with Gasteiger partial charge in [0.15, 0.2) is 23.2 Å². The molecular weight excluding hydrogens is 979 g/mol. The van der Waals surface area contributed by atoms with Gasteiger partial charge in [0.25, 0.3) is 0 Å². The lowest BCUT2D eigenvalue weighted by Crippen LogP contribution is -2.06. The molecule has 9 nitrogen and oxygen atoms in total. The van der Waals surface area contributed by atoms with Gasteiger partial charge in [-0.2, -0.15) is 5.26 Å². The molecule has 0 aliphatic carbocycles. The Kier molecular flexibility index (Phi) is 9.86. The minimum absolute atomic E-state index is 0.390. The van der Waals surface area contributed by atoms with Crippen LogP contribution in [-0.4, -0.2) is 33.2 Å². The van der Waals surface area contributed by atoms with Crippen molar-refractivity contribution in [3.63, 3.8) is 0 Å². The van der Waals surface area contributed by atoms with Crippen LogP contribution in [0, 0.1) is 17.9 Å². The van der Waals surface area contributed by atoms with Gasteiger partial charge in [-0.3, -0.25) is 0 Å². The van der Waals surface area contributed by atoms with Gasteiger partial charge in [-0.15, -0.1) is 0 Å². The number of nitriles is 1. The second-order valence-corrected chi connectivity index (χ2v) is 20.1. The average Bonchev–Trinajstić information content (AvgIpc) is 4.42. The quantitative estimate of drug-likeness (QED) is 0.149. The standard InChI is InChI=1S/C71H41N9/c1-73-46-34-35-55(64(42-46)80-58-30-16-12-26-50(58)52-37-40-63-66(68(52)80)54-28-14-18-32-60(54)78(63)48-23-9-4-10-24-48)70-74-69(45-19-5-2-6-20-45)75-71(76-70)56-41-44(43-72)33-38-61(56)79-57-29-15-11-25-49(57)51-36-39-62-65(67(51)79)53-27-13-17-31-59(53)77(62)47-21-7-3-8-22-47/h2-42H. The minimum Gasteiger partial charge on any atom is -0.309 e. The largest absolute Gasteiger partial charge is 0.309 e. The molecule has 0 radical (unpaired) electrons. The summed E-state index contributed by atoms with van der Waals surface area (Å²) in [7, 11) is 0. The minimum atomic E-state index is 0.390. The number of hydrogen-bond acceptors (Lipinski definition) is 4. The summed E-state index contributed by atoms with van der Waals surface area (Å²) >= 11 is 0. The van der Waals surface area contributed by atoms with Crippen LogP contribution in [0.5, 0.6) is 0 Å². The van der Waals surface area contributed by atoms with Crippen molar-refractivity contribution in [2.45, 2.75) is 0 Å². The summed E-state index contributed by atoms with van der Waals surface area (Å²) in [4.78, 5) is 20.4. The maximum atomic E-state index is 10.7. The molecule has 80 heavy (non-hydrogen) atoms. The van der Waals surface area contributed by atoms with E-state index >= 15 is 0 Å². The summed E-state index contributed by atoms with van der Waals surface area (Å²) in [5, 5.41) is 19.5. The fraction of sp³-hybridized carbons (Fsp3) is 0. The van der Waals surface area contributed by atoms with Gasteiger partial charge >= 0.3 is 0 Å². The number of hydrogen-bond donors (Lipinski definition) is 0. The van der Waals surface area contributed by atoms with E-state index in [1.807, 2.05) is 78.9 Å². The van der Waals surface area contributed by atoms with Crippen LogP contribution in [0.25, 0.3) is 149 Å². The zero-order valence-electron chi connectivity index (χ0n) is 42.7. The van der Waals surface area contributed by atoms with E-state index < -0.39 is 0 Å². The highest BCUT2D eigenvalue weighted by atomic mass is 15.1. The Morgan fingerprint density at radius 2 is 0.800 bits per heavy atom. The summed E-state index contributed by atoms with van der Waals surface area (Å²) in [6.45, 7) is 8.42. The molecule has 16 rings (SSSR count). The van der Waals surface area contributed by atoms with E-state index in [9.17, 15) is 5.26 Å². The molecule has 0 bridgehead atoms. The van der Waals surface area contributed by atoms with E-state index in [1.165, 1.54) is 0 Å². The predicted molar refractivity (Wildman–Crippen MR) is 324 cm³/mol. The van der Waals surface area contributed by atoms with E-state index in [-0.39, 0.29) is 0 Å². The van der Waals surface area contributed by atoms with E-state index in [2.05, 4.69) is 199 Å². The molecule has 5 aromatic heterocycles. The molecule has 370 valence electrons. The molecule has 16 aromatic rings. The lowest BCUT2D eigenvalue weighted by Gasteiger charge is -2.17. The molecule has 0 unspecified atom stereocenters. The molecule has 0 saturated carbocycles.